The molecule has 0 aromatic heterocycles. The molecule has 0 amide bonds. The molecule has 1 aliphatic rings. The summed E-state index contributed by atoms with van der Waals surface area (Å²) in [5, 5.41) is 9.75. The predicted molar refractivity (Wildman–Crippen MR) is 62.2 cm³/mol. The first-order chi connectivity index (χ1) is 7.79. The van der Waals surface area contributed by atoms with Crippen LogP contribution in [-0.2, 0) is 0 Å². The highest BCUT2D eigenvalue weighted by Crippen LogP contribution is 2.32. The zero-order valence-corrected chi connectivity index (χ0v) is 9.61. The van der Waals surface area contributed by atoms with Crippen LogP contribution in [0.3, 0.4) is 0 Å². The molecule has 1 fully saturated rings. The maximum Gasteiger partial charge on any atom is 0.161 e. The van der Waals surface area contributed by atoms with Gasteiger partial charge in [0.15, 0.2) is 11.5 Å². The first kappa shape index (κ1) is 11.1. The molecule has 0 aliphatic heterocycles. The molecule has 16 heavy (non-hydrogen) atoms. The van der Waals surface area contributed by atoms with Crippen molar-refractivity contribution in [3.05, 3.63) is 18.2 Å². The van der Waals surface area contributed by atoms with E-state index >= 15 is 0 Å². The van der Waals surface area contributed by atoms with Gasteiger partial charge in [-0.1, -0.05) is 6.42 Å². The van der Waals surface area contributed by atoms with E-state index in [0.29, 0.717) is 11.5 Å². The minimum atomic E-state index is 0.157. The zero-order valence-electron chi connectivity index (χ0n) is 9.61. The second kappa shape index (κ2) is 5.10. The molecule has 1 aromatic carbocycles. The average Bonchev–Trinajstić information content (AvgIpc) is 2.33. The van der Waals surface area contributed by atoms with Gasteiger partial charge in [0.2, 0.25) is 0 Å². The number of hydrogen-bond acceptors (Lipinski definition) is 3. The van der Waals surface area contributed by atoms with E-state index in [1.807, 2.05) is 0 Å². The number of rotatable bonds is 3. The Morgan fingerprint density at radius 2 is 1.94 bits per heavy atom. The molecule has 0 bridgehead atoms. The van der Waals surface area contributed by atoms with Crippen LogP contribution in [-0.4, -0.2) is 18.3 Å². The molecule has 0 atom stereocenters. The van der Waals surface area contributed by atoms with Crippen LogP contribution in [0.15, 0.2) is 18.2 Å². The topological polar surface area (TPSA) is 38.7 Å². The number of ether oxygens (including phenoxy) is 2. The summed E-state index contributed by atoms with van der Waals surface area (Å²) in [6.07, 6.45) is 6.18. The van der Waals surface area contributed by atoms with Gasteiger partial charge >= 0.3 is 0 Å². The van der Waals surface area contributed by atoms with Gasteiger partial charge in [0, 0.05) is 6.07 Å². The third kappa shape index (κ3) is 2.60. The highest BCUT2D eigenvalue weighted by atomic mass is 16.5. The van der Waals surface area contributed by atoms with Crippen LogP contribution in [0.1, 0.15) is 32.1 Å². The van der Waals surface area contributed by atoms with E-state index in [1.165, 1.54) is 19.3 Å². The largest absolute Gasteiger partial charge is 0.504 e. The molecule has 1 N–H and O–H groups in total. The molecule has 0 radical (unpaired) electrons. The molecule has 0 heterocycles. The molecule has 0 unspecified atom stereocenters. The predicted octanol–water partition coefficient (Wildman–Crippen LogP) is 3.11. The average molecular weight is 222 g/mol. The summed E-state index contributed by atoms with van der Waals surface area (Å²) in [6, 6.07) is 5.15. The number of aromatic hydroxyl groups is 1. The van der Waals surface area contributed by atoms with Gasteiger partial charge in [-0.3, -0.25) is 0 Å². The molecule has 1 aliphatic carbocycles. The van der Waals surface area contributed by atoms with Crippen LogP contribution in [0, 0.1) is 0 Å². The smallest absolute Gasteiger partial charge is 0.161 e. The van der Waals surface area contributed by atoms with Gasteiger partial charge in [0.1, 0.15) is 5.75 Å². The van der Waals surface area contributed by atoms with Crippen LogP contribution < -0.4 is 9.47 Å². The summed E-state index contributed by atoms with van der Waals surface area (Å²) >= 11 is 0. The molecule has 0 spiro atoms. The van der Waals surface area contributed by atoms with Gasteiger partial charge in [-0.05, 0) is 37.8 Å². The van der Waals surface area contributed by atoms with Gasteiger partial charge in [-0.2, -0.15) is 0 Å². The van der Waals surface area contributed by atoms with Crippen molar-refractivity contribution in [1.29, 1.82) is 0 Å². The number of phenolic OH excluding ortho intramolecular Hbond substituents is 1. The van der Waals surface area contributed by atoms with E-state index in [-0.39, 0.29) is 11.9 Å². The molecular formula is C13H18O3. The maximum absolute atomic E-state index is 9.75. The number of phenols is 1. The normalized spacial score (nSPS) is 17.1. The SMILES string of the molecule is COc1ccc(OC2CCCCC2)c(O)c1. The number of benzene rings is 1. The summed E-state index contributed by atoms with van der Waals surface area (Å²) in [5.74, 6) is 1.37. The van der Waals surface area contributed by atoms with E-state index in [0.717, 1.165) is 12.8 Å². The van der Waals surface area contributed by atoms with Crippen molar-refractivity contribution in [2.75, 3.05) is 7.11 Å². The summed E-state index contributed by atoms with van der Waals surface area (Å²) in [5.41, 5.74) is 0. The highest BCUT2D eigenvalue weighted by Gasteiger charge is 2.16. The maximum atomic E-state index is 9.75. The fraction of sp³-hybridized carbons (Fsp3) is 0.538. The van der Waals surface area contributed by atoms with Crippen LogP contribution in [0.4, 0.5) is 0 Å². The fourth-order valence-electron chi connectivity index (χ4n) is 2.09. The van der Waals surface area contributed by atoms with Crippen molar-refractivity contribution in [3.8, 4) is 17.2 Å². The van der Waals surface area contributed by atoms with Crippen molar-refractivity contribution in [1.82, 2.24) is 0 Å². The first-order valence-corrected chi connectivity index (χ1v) is 5.83. The Morgan fingerprint density at radius 1 is 1.19 bits per heavy atom. The lowest BCUT2D eigenvalue weighted by Gasteiger charge is -2.23. The van der Waals surface area contributed by atoms with Crippen LogP contribution >= 0.6 is 0 Å². The van der Waals surface area contributed by atoms with Crippen molar-refractivity contribution in [2.45, 2.75) is 38.2 Å². The lowest BCUT2D eigenvalue weighted by Crippen LogP contribution is -2.19. The van der Waals surface area contributed by atoms with Gasteiger partial charge in [-0.25, -0.2) is 0 Å². The van der Waals surface area contributed by atoms with Crippen LogP contribution in [0.2, 0.25) is 0 Å². The molecular weight excluding hydrogens is 204 g/mol. The molecule has 1 saturated carbocycles. The summed E-state index contributed by atoms with van der Waals surface area (Å²) in [6.45, 7) is 0. The Labute approximate surface area is 96.0 Å². The Morgan fingerprint density at radius 3 is 2.56 bits per heavy atom. The van der Waals surface area contributed by atoms with E-state index in [2.05, 4.69) is 0 Å². The lowest BCUT2D eigenvalue weighted by atomic mass is 9.98. The first-order valence-electron chi connectivity index (χ1n) is 5.83. The van der Waals surface area contributed by atoms with Crippen molar-refractivity contribution in [3.63, 3.8) is 0 Å². The Bertz CT molecular complexity index is 343. The molecule has 2 rings (SSSR count). The van der Waals surface area contributed by atoms with Crippen molar-refractivity contribution < 1.29 is 14.6 Å². The quantitative estimate of drug-likeness (QED) is 0.854. The minimum absolute atomic E-state index is 0.157. The highest BCUT2D eigenvalue weighted by molar-refractivity contribution is 5.44. The summed E-state index contributed by atoms with van der Waals surface area (Å²) < 4.78 is 10.8. The molecule has 88 valence electrons. The van der Waals surface area contributed by atoms with Crippen LogP contribution in [0.5, 0.6) is 17.2 Å². The molecule has 3 nitrogen and oxygen atoms in total. The summed E-state index contributed by atoms with van der Waals surface area (Å²) in [7, 11) is 1.58. The number of methoxy groups -OCH3 is 1. The van der Waals surface area contributed by atoms with Crippen molar-refractivity contribution in [2.24, 2.45) is 0 Å². The standard InChI is InChI=1S/C13H18O3/c1-15-11-7-8-13(12(14)9-11)16-10-5-3-2-4-6-10/h7-10,14H,2-6H2,1H3. The minimum Gasteiger partial charge on any atom is -0.504 e. The molecule has 1 aromatic rings. The number of hydrogen-bond donors (Lipinski definition) is 1. The van der Waals surface area contributed by atoms with Gasteiger partial charge < -0.3 is 14.6 Å². The van der Waals surface area contributed by atoms with E-state index in [9.17, 15) is 5.11 Å². The van der Waals surface area contributed by atoms with E-state index in [4.69, 9.17) is 9.47 Å². The van der Waals surface area contributed by atoms with E-state index < -0.39 is 0 Å². The molecule has 0 saturated heterocycles. The lowest BCUT2D eigenvalue weighted by molar-refractivity contribution is 0.150. The Kier molecular flexibility index (Phi) is 3.54. The van der Waals surface area contributed by atoms with Gasteiger partial charge in [0.05, 0.1) is 13.2 Å². The van der Waals surface area contributed by atoms with Crippen LogP contribution in [0.25, 0.3) is 0 Å². The third-order valence-corrected chi connectivity index (χ3v) is 3.01. The van der Waals surface area contributed by atoms with Gasteiger partial charge in [0.25, 0.3) is 0 Å². The Balaban J connectivity index is 2.03. The monoisotopic (exact) mass is 222 g/mol. The summed E-state index contributed by atoms with van der Waals surface area (Å²) in [4.78, 5) is 0. The fourth-order valence-corrected chi connectivity index (χ4v) is 2.09. The zero-order chi connectivity index (χ0) is 11.4. The third-order valence-electron chi connectivity index (χ3n) is 3.01. The van der Waals surface area contributed by atoms with Gasteiger partial charge in [-0.15, -0.1) is 0 Å². The second-order valence-corrected chi connectivity index (χ2v) is 4.21. The van der Waals surface area contributed by atoms with Crippen molar-refractivity contribution >= 4 is 0 Å². The molecule has 3 heteroatoms. The Hall–Kier alpha value is -1.38. The second-order valence-electron chi connectivity index (χ2n) is 4.21. The van der Waals surface area contributed by atoms with E-state index in [1.54, 1.807) is 25.3 Å².